The molecule has 2 N–H and O–H groups in total. The lowest BCUT2D eigenvalue weighted by Gasteiger charge is -2.12. The van der Waals surface area contributed by atoms with Gasteiger partial charge in [0.2, 0.25) is 0 Å². The summed E-state index contributed by atoms with van der Waals surface area (Å²) in [4.78, 5) is 0. The predicted octanol–water partition coefficient (Wildman–Crippen LogP) is 0.829. The van der Waals surface area contributed by atoms with E-state index in [1.165, 1.54) is 10.9 Å². The summed E-state index contributed by atoms with van der Waals surface area (Å²) in [5.74, 6) is 0. The fourth-order valence-electron chi connectivity index (χ4n) is 1.62. The molecule has 0 aliphatic rings. The summed E-state index contributed by atoms with van der Waals surface area (Å²) < 4.78 is 5.80. The Morgan fingerprint density at radius 3 is 2.56 bits per heavy atom. The van der Waals surface area contributed by atoms with Gasteiger partial charge in [-0.1, -0.05) is 36.4 Å². The first-order valence-corrected chi connectivity index (χ1v) is 6.25. The van der Waals surface area contributed by atoms with Gasteiger partial charge in [-0.25, -0.2) is 0 Å². The minimum atomic E-state index is 0.0102. The van der Waals surface area contributed by atoms with Gasteiger partial charge in [0.25, 0.3) is 0 Å². The Kier molecular flexibility index (Phi) is 4.16. The highest BCUT2D eigenvalue weighted by Crippen LogP contribution is 1.98. The molecular weight excluding hydrogens is 217 g/mol. The molecular formula is C12H14BNOS. The topological polar surface area (TPSA) is 35.2 Å². The van der Waals surface area contributed by atoms with Crippen molar-refractivity contribution in [2.24, 2.45) is 5.73 Å². The molecule has 1 heterocycles. The molecule has 1 aromatic heterocycles. The van der Waals surface area contributed by atoms with Crippen LogP contribution in [0.4, 0.5) is 0 Å². The minimum absolute atomic E-state index is 0.0102. The zero-order chi connectivity index (χ0) is 11.2. The van der Waals surface area contributed by atoms with E-state index in [0.29, 0.717) is 13.2 Å². The van der Waals surface area contributed by atoms with Crippen LogP contribution < -0.4 is 16.7 Å². The van der Waals surface area contributed by atoms with Gasteiger partial charge in [-0.15, -0.1) is 0 Å². The molecule has 2 nitrogen and oxygen atoms in total. The van der Waals surface area contributed by atoms with Crippen molar-refractivity contribution in [2.45, 2.75) is 0 Å². The van der Waals surface area contributed by atoms with Crippen molar-refractivity contribution < 1.29 is 4.65 Å². The van der Waals surface area contributed by atoms with Crippen LogP contribution in [0.3, 0.4) is 0 Å². The molecule has 0 saturated carbocycles. The zero-order valence-corrected chi connectivity index (χ0v) is 9.82. The Labute approximate surface area is 100 Å². The maximum atomic E-state index is 5.80. The van der Waals surface area contributed by atoms with Gasteiger partial charge < -0.3 is 10.4 Å². The number of rotatable bonds is 5. The molecule has 0 spiro atoms. The van der Waals surface area contributed by atoms with Crippen molar-refractivity contribution in [1.29, 1.82) is 0 Å². The minimum Gasteiger partial charge on any atom is -0.426 e. The van der Waals surface area contributed by atoms with Crippen molar-refractivity contribution in [2.75, 3.05) is 13.2 Å². The van der Waals surface area contributed by atoms with Crippen LogP contribution in [0.25, 0.3) is 0 Å². The van der Waals surface area contributed by atoms with Gasteiger partial charge in [-0.05, 0) is 21.7 Å². The standard InChI is InChI=1S/C12H14BNOS/c14-7-8-15-13(12-6-9-16-10-12)11-4-2-1-3-5-11/h1-6,9-10H,7-8,14H2. The van der Waals surface area contributed by atoms with Crippen LogP contribution in [-0.2, 0) is 4.65 Å². The van der Waals surface area contributed by atoms with Gasteiger partial charge in [0.1, 0.15) is 0 Å². The second-order valence-corrected chi connectivity index (χ2v) is 4.29. The number of hydrogen-bond donors (Lipinski definition) is 1. The molecule has 82 valence electrons. The maximum Gasteiger partial charge on any atom is 0.362 e. The number of benzene rings is 1. The summed E-state index contributed by atoms with van der Waals surface area (Å²) in [6.07, 6.45) is 0. The molecule has 16 heavy (non-hydrogen) atoms. The summed E-state index contributed by atoms with van der Waals surface area (Å²) in [5, 5.41) is 4.19. The van der Waals surface area contributed by atoms with Crippen LogP contribution in [0, 0.1) is 0 Å². The van der Waals surface area contributed by atoms with Crippen LogP contribution in [-0.4, -0.2) is 20.1 Å². The second-order valence-electron chi connectivity index (χ2n) is 3.51. The smallest absolute Gasteiger partial charge is 0.362 e. The zero-order valence-electron chi connectivity index (χ0n) is 9.00. The van der Waals surface area contributed by atoms with Crippen molar-refractivity contribution in [3.8, 4) is 0 Å². The normalized spacial score (nSPS) is 10.3. The van der Waals surface area contributed by atoms with Gasteiger partial charge in [-0.3, -0.25) is 0 Å². The molecule has 2 aromatic rings. The quantitative estimate of drug-likeness (QED) is 0.773. The molecule has 0 amide bonds. The number of thiophene rings is 1. The van der Waals surface area contributed by atoms with E-state index in [-0.39, 0.29) is 6.92 Å². The lowest BCUT2D eigenvalue weighted by Crippen LogP contribution is -2.45. The summed E-state index contributed by atoms with van der Waals surface area (Å²) in [5.41, 5.74) is 7.86. The Bertz CT molecular complexity index is 404. The highest BCUT2D eigenvalue weighted by molar-refractivity contribution is 7.09. The van der Waals surface area contributed by atoms with Crippen LogP contribution in [0.2, 0.25) is 0 Å². The van der Waals surface area contributed by atoms with Gasteiger partial charge in [-0.2, -0.15) is 11.3 Å². The lowest BCUT2D eigenvalue weighted by atomic mass is 9.56. The van der Waals surface area contributed by atoms with E-state index in [1.54, 1.807) is 11.3 Å². The lowest BCUT2D eigenvalue weighted by molar-refractivity contribution is 0.345. The first-order valence-electron chi connectivity index (χ1n) is 5.30. The van der Waals surface area contributed by atoms with E-state index in [2.05, 4.69) is 29.0 Å². The van der Waals surface area contributed by atoms with Crippen LogP contribution >= 0.6 is 11.3 Å². The SMILES string of the molecule is NCCOB(c1ccccc1)c1ccsc1. The molecule has 0 unspecified atom stereocenters. The highest BCUT2D eigenvalue weighted by Gasteiger charge is 2.20. The summed E-state index contributed by atoms with van der Waals surface area (Å²) in [6.45, 7) is 1.14. The fraction of sp³-hybridized carbons (Fsp3) is 0.167. The summed E-state index contributed by atoms with van der Waals surface area (Å²) in [6, 6.07) is 12.3. The van der Waals surface area contributed by atoms with E-state index >= 15 is 0 Å². The van der Waals surface area contributed by atoms with Gasteiger partial charge in [0, 0.05) is 13.2 Å². The van der Waals surface area contributed by atoms with Crippen LogP contribution in [0.15, 0.2) is 47.2 Å². The third kappa shape index (κ3) is 2.73. The van der Waals surface area contributed by atoms with E-state index in [9.17, 15) is 0 Å². The average Bonchev–Trinajstić information content (AvgIpc) is 2.85. The Morgan fingerprint density at radius 2 is 1.94 bits per heavy atom. The Morgan fingerprint density at radius 1 is 1.12 bits per heavy atom. The second kappa shape index (κ2) is 5.84. The first kappa shape index (κ1) is 11.4. The monoisotopic (exact) mass is 231 g/mol. The molecule has 4 heteroatoms. The van der Waals surface area contributed by atoms with E-state index < -0.39 is 0 Å². The largest absolute Gasteiger partial charge is 0.426 e. The van der Waals surface area contributed by atoms with Gasteiger partial charge in [0.15, 0.2) is 0 Å². The van der Waals surface area contributed by atoms with Crippen molar-refractivity contribution in [3.63, 3.8) is 0 Å². The van der Waals surface area contributed by atoms with E-state index in [1.807, 2.05) is 18.2 Å². The fourth-order valence-corrected chi connectivity index (χ4v) is 2.30. The maximum absolute atomic E-state index is 5.80. The van der Waals surface area contributed by atoms with Crippen molar-refractivity contribution in [3.05, 3.63) is 47.2 Å². The molecule has 2 rings (SSSR count). The molecule has 0 aliphatic carbocycles. The van der Waals surface area contributed by atoms with Crippen LogP contribution in [0.5, 0.6) is 0 Å². The predicted molar refractivity (Wildman–Crippen MR) is 70.8 cm³/mol. The molecule has 0 atom stereocenters. The molecule has 0 radical (unpaired) electrons. The van der Waals surface area contributed by atoms with E-state index in [0.717, 1.165) is 0 Å². The van der Waals surface area contributed by atoms with Gasteiger partial charge in [0.05, 0.1) is 0 Å². The first-order chi connectivity index (χ1) is 7.92. The van der Waals surface area contributed by atoms with Crippen molar-refractivity contribution in [1.82, 2.24) is 0 Å². The molecule has 0 bridgehead atoms. The molecule has 0 saturated heterocycles. The van der Waals surface area contributed by atoms with Gasteiger partial charge >= 0.3 is 6.92 Å². The van der Waals surface area contributed by atoms with Crippen molar-refractivity contribution >= 4 is 29.2 Å². The third-order valence-corrected chi connectivity index (χ3v) is 3.05. The highest BCUT2D eigenvalue weighted by atomic mass is 32.1. The third-order valence-electron chi connectivity index (χ3n) is 2.35. The number of hydrogen-bond acceptors (Lipinski definition) is 3. The average molecular weight is 231 g/mol. The molecule has 1 aromatic carbocycles. The van der Waals surface area contributed by atoms with E-state index in [4.69, 9.17) is 10.4 Å². The summed E-state index contributed by atoms with van der Waals surface area (Å²) >= 11 is 1.68. The van der Waals surface area contributed by atoms with Crippen LogP contribution in [0.1, 0.15) is 0 Å². The molecule has 0 aliphatic heterocycles. The number of nitrogens with two attached hydrogens (primary N) is 1. The Balaban J connectivity index is 2.21. The Hall–Kier alpha value is -1.10. The summed E-state index contributed by atoms with van der Waals surface area (Å²) in [7, 11) is 0. The molecule has 0 fully saturated rings.